The summed E-state index contributed by atoms with van der Waals surface area (Å²) in [6.07, 6.45) is 0.271. The summed E-state index contributed by atoms with van der Waals surface area (Å²) in [4.78, 5) is 11.7. The Hall–Kier alpha value is -0.690. The first-order valence-electron chi connectivity index (χ1n) is 6.21. The van der Waals surface area contributed by atoms with Crippen LogP contribution in [0.2, 0.25) is 0 Å². The number of amides is 1. The van der Waals surface area contributed by atoms with Gasteiger partial charge in [-0.1, -0.05) is 6.92 Å². The number of rotatable bonds is 8. The molecule has 2 atom stereocenters. The smallest absolute Gasteiger partial charge is 0.249 e. The molecule has 1 N–H and O–H groups in total. The Labute approximate surface area is 108 Å². The lowest BCUT2D eigenvalue weighted by Gasteiger charge is -2.16. The third-order valence-corrected chi connectivity index (χ3v) is 2.97. The van der Waals surface area contributed by atoms with Gasteiger partial charge in [0, 0.05) is 27.4 Å². The lowest BCUT2D eigenvalue weighted by molar-refractivity contribution is -0.141. The lowest BCUT2D eigenvalue weighted by atomic mass is 10.0. The fraction of sp³-hybridized carbons (Fsp3) is 0.917. The molecule has 0 aromatic rings. The van der Waals surface area contributed by atoms with Crippen molar-refractivity contribution in [1.82, 2.24) is 5.32 Å². The van der Waals surface area contributed by atoms with Gasteiger partial charge in [-0.3, -0.25) is 4.79 Å². The van der Waals surface area contributed by atoms with Crippen molar-refractivity contribution >= 4 is 5.91 Å². The Balaban J connectivity index is 2.05. The molecule has 1 amide bonds. The van der Waals surface area contributed by atoms with Crippen LogP contribution in [0.15, 0.2) is 0 Å². The van der Waals surface area contributed by atoms with Crippen molar-refractivity contribution in [2.45, 2.75) is 25.7 Å². The third kappa shape index (κ3) is 4.89. The van der Waals surface area contributed by atoms with Gasteiger partial charge in [-0.05, 0) is 12.3 Å². The summed E-state index contributed by atoms with van der Waals surface area (Å²) in [6, 6.07) is 0. The van der Waals surface area contributed by atoms with Gasteiger partial charge in [0.2, 0.25) is 5.91 Å². The van der Waals surface area contributed by atoms with Crippen LogP contribution >= 0.6 is 0 Å². The van der Waals surface area contributed by atoms with Crippen molar-refractivity contribution in [2.75, 3.05) is 40.6 Å². The molecule has 1 aliphatic rings. The maximum Gasteiger partial charge on any atom is 0.249 e. The molecule has 0 aromatic carbocycles. The van der Waals surface area contributed by atoms with Gasteiger partial charge >= 0.3 is 0 Å². The normalized spacial score (nSPS) is 23.6. The Bertz CT molecular complexity index is 245. The molecule has 106 valence electrons. The number of hydrogen-bond donors (Lipinski definition) is 1. The van der Waals surface area contributed by atoms with E-state index in [2.05, 4.69) is 5.32 Å². The van der Waals surface area contributed by atoms with Gasteiger partial charge in [0.05, 0.1) is 13.2 Å². The van der Waals surface area contributed by atoms with Crippen LogP contribution in [0.25, 0.3) is 0 Å². The van der Waals surface area contributed by atoms with Gasteiger partial charge in [0.25, 0.3) is 0 Å². The van der Waals surface area contributed by atoms with E-state index in [1.54, 1.807) is 14.2 Å². The van der Waals surface area contributed by atoms with Crippen LogP contribution in [-0.2, 0) is 23.7 Å². The first-order valence-corrected chi connectivity index (χ1v) is 6.21. The van der Waals surface area contributed by atoms with E-state index in [1.165, 1.54) is 0 Å². The predicted octanol–water partition coefficient (Wildman–Crippen LogP) is 0.163. The fourth-order valence-corrected chi connectivity index (χ4v) is 1.79. The molecule has 0 aliphatic carbocycles. The van der Waals surface area contributed by atoms with Crippen LogP contribution in [0.3, 0.4) is 0 Å². The molecular formula is C12H23NO5. The van der Waals surface area contributed by atoms with Gasteiger partial charge in [-0.25, -0.2) is 0 Å². The molecule has 1 heterocycles. The summed E-state index contributed by atoms with van der Waals surface area (Å²) in [7, 11) is 3.11. The van der Waals surface area contributed by atoms with Crippen LogP contribution in [0, 0.1) is 5.92 Å². The lowest BCUT2D eigenvalue weighted by Crippen LogP contribution is -2.39. The minimum atomic E-state index is -0.362. The zero-order valence-electron chi connectivity index (χ0n) is 11.3. The zero-order chi connectivity index (χ0) is 13.4. The largest absolute Gasteiger partial charge is 0.374 e. The molecule has 0 radical (unpaired) electrons. The average Bonchev–Trinajstić information content (AvgIpc) is 2.80. The van der Waals surface area contributed by atoms with E-state index < -0.39 is 0 Å². The molecule has 1 aliphatic heterocycles. The number of carbonyl (C=O) groups is 1. The van der Waals surface area contributed by atoms with Crippen LogP contribution in [-0.4, -0.2) is 58.9 Å². The van der Waals surface area contributed by atoms with Crippen LogP contribution < -0.4 is 5.32 Å². The SMILES string of the molecule is COC(COCCNC(=O)[C@@H]1OCC[C@H]1C)OC. The molecule has 1 saturated heterocycles. The number of methoxy groups -OCH3 is 2. The second-order valence-corrected chi connectivity index (χ2v) is 4.32. The maximum absolute atomic E-state index is 11.7. The molecular weight excluding hydrogens is 238 g/mol. The molecule has 0 saturated carbocycles. The summed E-state index contributed by atoms with van der Waals surface area (Å²) in [5, 5.41) is 2.79. The van der Waals surface area contributed by atoms with E-state index >= 15 is 0 Å². The van der Waals surface area contributed by atoms with E-state index in [4.69, 9.17) is 18.9 Å². The minimum absolute atomic E-state index is 0.0568. The first-order chi connectivity index (χ1) is 8.69. The molecule has 0 unspecified atom stereocenters. The molecule has 18 heavy (non-hydrogen) atoms. The van der Waals surface area contributed by atoms with Crippen LogP contribution in [0.5, 0.6) is 0 Å². The molecule has 0 bridgehead atoms. The highest BCUT2D eigenvalue weighted by Gasteiger charge is 2.30. The summed E-state index contributed by atoms with van der Waals surface area (Å²) < 4.78 is 20.6. The van der Waals surface area contributed by atoms with Crippen molar-refractivity contribution < 1.29 is 23.7 Å². The Kier molecular flexibility index (Phi) is 7.19. The van der Waals surface area contributed by atoms with E-state index in [0.717, 1.165) is 6.42 Å². The highest BCUT2D eigenvalue weighted by molar-refractivity contribution is 5.81. The molecule has 0 spiro atoms. The topological polar surface area (TPSA) is 66.0 Å². The summed E-state index contributed by atoms with van der Waals surface area (Å²) in [5.41, 5.74) is 0. The Morgan fingerprint density at radius 2 is 2.17 bits per heavy atom. The van der Waals surface area contributed by atoms with Crippen molar-refractivity contribution in [2.24, 2.45) is 5.92 Å². The van der Waals surface area contributed by atoms with Crippen molar-refractivity contribution in [3.05, 3.63) is 0 Å². The number of nitrogens with one attached hydrogen (secondary N) is 1. The Morgan fingerprint density at radius 1 is 1.44 bits per heavy atom. The van der Waals surface area contributed by atoms with E-state index in [-0.39, 0.29) is 24.2 Å². The molecule has 1 fully saturated rings. The third-order valence-electron chi connectivity index (χ3n) is 2.97. The van der Waals surface area contributed by atoms with Crippen LogP contribution in [0.1, 0.15) is 13.3 Å². The van der Waals surface area contributed by atoms with Gasteiger partial charge in [0.1, 0.15) is 6.10 Å². The molecule has 6 nitrogen and oxygen atoms in total. The predicted molar refractivity (Wildman–Crippen MR) is 65.2 cm³/mol. The van der Waals surface area contributed by atoms with Gasteiger partial charge in [0.15, 0.2) is 6.29 Å². The minimum Gasteiger partial charge on any atom is -0.374 e. The van der Waals surface area contributed by atoms with Crippen molar-refractivity contribution in [3.63, 3.8) is 0 Å². The summed E-state index contributed by atoms with van der Waals surface area (Å²) >= 11 is 0. The van der Waals surface area contributed by atoms with Gasteiger partial charge in [-0.2, -0.15) is 0 Å². The quantitative estimate of drug-likeness (QED) is 0.498. The fourth-order valence-electron chi connectivity index (χ4n) is 1.79. The highest BCUT2D eigenvalue weighted by Crippen LogP contribution is 2.19. The second-order valence-electron chi connectivity index (χ2n) is 4.32. The average molecular weight is 261 g/mol. The van der Waals surface area contributed by atoms with E-state index in [0.29, 0.717) is 26.4 Å². The first kappa shape index (κ1) is 15.4. The van der Waals surface area contributed by atoms with Gasteiger partial charge < -0.3 is 24.3 Å². The zero-order valence-corrected chi connectivity index (χ0v) is 11.3. The maximum atomic E-state index is 11.7. The van der Waals surface area contributed by atoms with Crippen LogP contribution in [0.4, 0.5) is 0 Å². The molecule has 6 heteroatoms. The Morgan fingerprint density at radius 3 is 2.72 bits per heavy atom. The molecule has 0 aromatic heterocycles. The van der Waals surface area contributed by atoms with Crippen molar-refractivity contribution in [3.8, 4) is 0 Å². The number of hydrogen-bond acceptors (Lipinski definition) is 5. The number of carbonyl (C=O) groups excluding carboxylic acids is 1. The van der Waals surface area contributed by atoms with Crippen molar-refractivity contribution in [1.29, 1.82) is 0 Å². The number of ether oxygens (including phenoxy) is 4. The second kappa shape index (κ2) is 8.42. The summed E-state index contributed by atoms with van der Waals surface area (Å²) in [5.74, 6) is 0.232. The molecule has 1 rings (SSSR count). The van der Waals surface area contributed by atoms with Gasteiger partial charge in [-0.15, -0.1) is 0 Å². The summed E-state index contributed by atoms with van der Waals surface area (Å²) in [6.45, 7) is 3.93. The highest BCUT2D eigenvalue weighted by atomic mass is 16.7. The monoisotopic (exact) mass is 261 g/mol. The van der Waals surface area contributed by atoms with E-state index in [9.17, 15) is 4.79 Å². The standard InChI is InChI=1S/C12H23NO5/c1-9-4-6-18-11(9)12(14)13-5-7-17-8-10(15-2)16-3/h9-11H,4-8H2,1-3H3,(H,13,14)/t9-,11-/m1/s1. The van der Waals surface area contributed by atoms with E-state index in [1.807, 2.05) is 6.92 Å².